The topological polar surface area (TPSA) is 70.3 Å². The molecule has 0 saturated carbocycles. The van der Waals surface area contributed by atoms with E-state index in [9.17, 15) is 13.2 Å². The van der Waals surface area contributed by atoms with Gasteiger partial charge >= 0.3 is 5.51 Å². The van der Waals surface area contributed by atoms with Crippen molar-refractivity contribution < 1.29 is 35.7 Å². The second kappa shape index (κ2) is 6.06. The molecule has 0 aliphatic carbocycles. The molecule has 0 atom stereocenters. The molecule has 1 aromatic heterocycles. The normalized spacial score (nSPS) is 11.7. The molecule has 0 unspecified atom stereocenters. The zero-order valence-electron chi connectivity index (χ0n) is 10.2. The zero-order valence-corrected chi connectivity index (χ0v) is 11.0. The minimum atomic E-state index is -6.09. The summed E-state index contributed by atoms with van der Waals surface area (Å²) in [6, 6.07) is 12.1. The van der Waals surface area contributed by atoms with Crippen molar-refractivity contribution in [2.45, 2.75) is 5.51 Å². The first-order valence-electron chi connectivity index (χ1n) is 5.13. The molecular weight excluding hydrogens is 299 g/mol. The van der Waals surface area contributed by atoms with Gasteiger partial charge in [-0.25, -0.2) is 8.42 Å². The Bertz CT molecular complexity index is 680. The van der Waals surface area contributed by atoms with Crippen molar-refractivity contribution in [3.05, 3.63) is 42.6 Å². The van der Waals surface area contributed by atoms with Crippen molar-refractivity contribution in [2.24, 2.45) is 0 Å². The predicted molar refractivity (Wildman–Crippen MR) is 62.4 cm³/mol. The molecule has 0 amide bonds. The van der Waals surface area contributed by atoms with Gasteiger partial charge in [0.15, 0.2) is 10.1 Å². The molecule has 0 N–H and O–H groups in total. The van der Waals surface area contributed by atoms with Gasteiger partial charge in [-0.1, -0.05) is 12.1 Å². The summed E-state index contributed by atoms with van der Waals surface area (Å²) >= 11 is 0. The maximum atomic E-state index is 10.7. The number of aromatic nitrogens is 1. The summed E-state index contributed by atoms with van der Waals surface area (Å²) < 4.78 is 60.6. The van der Waals surface area contributed by atoms with Crippen molar-refractivity contribution in [1.29, 1.82) is 0 Å². The van der Waals surface area contributed by atoms with Crippen molar-refractivity contribution in [1.82, 2.24) is 0 Å². The number of fused-ring (bicyclic) bond motifs is 1. The first kappa shape index (κ1) is 16.2. The first-order chi connectivity index (χ1) is 9.17. The number of nitrogens with zero attached hydrogens (tertiary/aromatic N) is 1. The number of alkyl halides is 3. The van der Waals surface area contributed by atoms with E-state index in [0.29, 0.717) is 0 Å². The van der Waals surface area contributed by atoms with Gasteiger partial charge in [0, 0.05) is 16.9 Å². The minimum Gasteiger partial charge on any atom is -0.741 e. The number of halogens is 3. The molecule has 0 saturated heterocycles. The van der Waals surface area contributed by atoms with Gasteiger partial charge in [-0.05, 0) is 12.1 Å². The third-order valence-electron chi connectivity index (χ3n) is 2.15. The van der Waals surface area contributed by atoms with Gasteiger partial charge in [-0.2, -0.15) is 13.2 Å². The zero-order chi connectivity index (χ0) is 15.4. The Kier molecular flexibility index (Phi) is 4.90. The van der Waals surface area contributed by atoms with Crippen LogP contribution in [0.4, 0.5) is 13.2 Å². The van der Waals surface area contributed by atoms with Crippen LogP contribution in [0.3, 0.4) is 0 Å². The number of rotatable bonds is 1. The van der Waals surface area contributed by atoms with E-state index in [1.54, 1.807) is 11.8 Å². The van der Waals surface area contributed by atoms with Crippen LogP contribution in [0, 0.1) is 0 Å². The highest BCUT2D eigenvalue weighted by Gasteiger charge is 2.36. The standard InChI is InChI=1S/C10H10NO.CHF3O3S/c1-12-11-8-4-6-9-5-2-3-7-10(9)11;2-1(3,4)8(5,6)7/h2-8H,1H3;(H,5,6,7)/q+1;/p-1. The fourth-order valence-corrected chi connectivity index (χ4v) is 1.29. The maximum Gasteiger partial charge on any atom is 0.485 e. The maximum absolute atomic E-state index is 10.7. The van der Waals surface area contributed by atoms with E-state index >= 15 is 0 Å². The van der Waals surface area contributed by atoms with Crippen LogP contribution >= 0.6 is 0 Å². The Morgan fingerprint density at radius 1 is 1.15 bits per heavy atom. The third kappa shape index (κ3) is 4.07. The Labute approximate surface area is 112 Å². The molecule has 9 heteroatoms. The molecule has 0 fully saturated rings. The van der Waals surface area contributed by atoms with E-state index in [-0.39, 0.29) is 0 Å². The fourth-order valence-electron chi connectivity index (χ4n) is 1.29. The smallest absolute Gasteiger partial charge is 0.485 e. The highest BCUT2D eigenvalue weighted by atomic mass is 32.2. The largest absolute Gasteiger partial charge is 0.741 e. The second-order valence-corrected chi connectivity index (χ2v) is 4.85. The van der Waals surface area contributed by atoms with Crippen LogP contribution in [0.1, 0.15) is 0 Å². The van der Waals surface area contributed by atoms with Crippen LogP contribution in [0.25, 0.3) is 10.9 Å². The Morgan fingerprint density at radius 3 is 2.15 bits per heavy atom. The lowest BCUT2D eigenvalue weighted by molar-refractivity contribution is -0.865. The summed E-state index contributed by atoms with van der Waals surface area (Å²) in [6.45, 7) is 0. The summed E-state index contributed by atoms with van der Waals surface area (Å²) in [4.78, 5) is 5.14. The highest BCUT2D eigenvalue weighted by molar-refractivity contribution is 7.86. The summed E-state index contributed by atoms with van der Waals surface area (Å²) in [5, 5.41) is 1.18. The number of pyridine rings is 1. The summed E-state index contributed by atoms with van der Waals surface area (Å²) in [6.07, 6.45) is 1.89. The van der Waals surface area contributed by atoms with Crippen molar-refractivity contribution >= 4 is 21.0 Å². The molecule has 2 aromatic rings. The van der Waals surface area contributed by atoms with E-state index in [1.807, 2.05) is 30.5 Å². The molecule has 0 spiro atoms. The summed E-state index contributed by atoms with van der Waals surface area (Å²) in [7, 11) is -4.43. The van der Waals surface area contributed by atoms with Crippen LogP contribution in [0.5, 0.6) is 0 Å². The molecule has 20 heavy (non-hydrogen) atoms. The molecule has 0 radical (unpaired) electrons. The van der Waals surface area contributed by atoms with Crippen molar-refractivity contribution in [2.75, 3.05) is 7.11 Å². The Balaban J connectivity index is 0.000000221. The number of benzene rings is 1. The SMILES string of the molecule is CO[n+]1cccc2ccccc21.O=S(=O)([O-])C(F)(F)F. The van der Waals surface area contributed by atoms with Gasteiger partial charge in [-0.15, -0.1) is 0 Å². The van der Waals surface area contributed by atoms with Crippen molar-refractivity contribution in [3.8, 4) is 0 Å². The lowest BCUT2D eigenvalue weighted by atomic mass is 10.2. The van der Waals surface area contributed by atoms with Gasteiger partial charge in [0.05, 0.1) is 5.39 Å². The van der Waals surface area contributed by atoms with Gasteiger partial charge in [0.2, 0.25) is 6.20 Å². The number of hydrogen-bond donors (Lipinski definition) is 0. The molecule has 110 valence electrons. The lowest BCUT2D eigenvalue weighted by Gasteiger charge is -2.08. The van der Waals surface area contributed by atoms with E-state index in [2.05, 4.69) is 12.1 Å². The molecule has 1 heterocycles. The molecule has 1 aromatic carbocycles. The minimum absolute atomic E-state index is 1.09. The van der Waals surface area contributed by atoms with Crippen LogP contribution in [0.2, 0.25) is 0 Å². The monoisotopic (exact) mass is 309 g/mol. The lowest BCUT2D eigenvalue weighted by Crippen LogP contribution is -2.40. The van der Waals surface area contributed by atoms with Crippen LogP contribution in [-0.4, -0.2) is 25.6 Å². The molecule has 0 aliphatic rings. The first-order valence-corrected chi connectivity index (χ1v) is 6.53. The molecule has 0 aliphatic heterocycles. The molecule has 0 bridgehead atoms. The fraction of sp³-hybridized carbons (Fsp3) is 0.182. The van der Waals surface area contributed by atoms with Crippen LogP contribution < -0.4 is 9.57 Å². The average molecular weight is 309 g/mol. The molecule has 2 rings (SSSR count). The number of hydrogen-bond acceptors (Lipinski definition) is 4. The third-order valence-corrected chi connectivity index (χ3v) is 2.72. The number of para-hydroxylation sites is 1. The van der Waals surface area contributed by atoms with E-state index in [0.717, 1.165) is 5.52 Å². The van der Waals surface area contributed by atoms with Gasteiger partial charge in [0.25, 0.3) is 5.52 Å². The Hall–Kier alpha value is -1.87. The van der Waals surface area contributed by atoms with Gasteiger partial charge in [-0.3, -0.25) is 4.84 Å². The Morgan fingerprint density at radius 2 is 1.65 bits per heavy atom. The second-order valence-electron chi connectivity index (χ2n) is 3.48. The quantitative estimate of drug-likeness (QED) is 0.451. The van der Waals surface area contributed by atoms with E-state index in [4.69, 9.17) is 17.8 Å². The van der Waals surface area contributed by atoms with Crippen molar-refractivity contribution in [3.63, 3.8) is 0 Å². The van der Waals surface area contributed by atoms with E-state index < -0.39 is 15.6 Å². The van der Waals surface area contributed by atoms with Gasteiger partial charge < -0.3 is 4.55 Å². The summed E-state index contributed by atoms with van der Waals surface area (Å²) in [5.41, 5.74) is -4.56. The average Bonchev–Trinajstić information content (AvgIpc) is 2.36. The molecular formula is C11H10F3NO4S. The summed E-state index contributed by atoms with van der Waals surface area (Å²) in [5.74, 6) is 0. The molecule has 5 nitrogen and oxygen atoms in total. The van der Waals surface area contributed by atoms with Gasteiger partial charge in [0.1, 0.15) is 7.11 Å². The van der Waals surface area contributed by atoms with Crippen LogP contribution in [0.15, 0.2) is 42.6 Å². The van der Waals surface area contributed by atoms with E-state index in [1.165, 1.54) is 5.39 Å². The van der Waals surface area contributed by atoms with Crippen LogP contribution in [-0.2, 0) is 10.1 Å². The highest BCUT2D eigenvalue weighted by Crippen LogP contribution is 2.20. The predicted octanol–water partition coefficient (Wildman–Crippen LogP) is 1.24.